The smallest absolute Gasteiger partial charge is 0.136 e. The monoisotopic (exact) mass is 300 g/mol. The van der Waals surface area contributed by atoms with E-state index in [1.807, 2.05) is 25.2 Å². The molecular formula is C16H17ClN4. The average Bonchev–Trinajstić information content (AvgIpc) is 2.76. The lowest BCUT2D eigenvalue weighted by molar-refractivity contribution is 0.782. The number of aromatic nitrogens is 4. The van der Waals surface area contributed by atoms with Crippen LogP contribution in [0.3, 0.4) is 0 Å². The molecule has 0 unspecified atom stereocenters. The van der Waals surface area contributed by atoms with Crippen LogP contribution >= 0.6 is 11.6 Å². The number of hydrogen-bond acceptors (Lipinski definition) is 3. The van der Waals surface area contributed by atoms with Gasteiger partial charge in [-0.1, -0.05) is 37.6 Å². The molecule has 2 heterocycles. The molecular weight excluding hydrogens is 284 g/mol. The zero-order valence-electron chi connectivity index (χ0n) is 12.3. The Hall–Kier alpha value is -1.94. The molecule has 21 heavy (non-hydrogen) atoms. The Morgan fingerprint density at radius 3 is 2.67 bits per heavy atom. The lowest BCUT2D eigenvalue weighted by Crippen LogP contribution is -2.07. The van der Waals surface area contributed by atoms with Crippen molar-refractivity contribution in [2.45, 2.75) is 26.2 Å². The average molecular weight is 301 g/mol. The van der Waals surface area contributed by atoms with E-state index in [0.717, 1.165) is 28.1 Å². The Labute approximate surface area is 128 Å². The molecule has 0 N–H and O–H groups in total. The lowest BCUT2D eigenvalue weighted by atomic mass is 10.0. The van der Waals surface area contributed by atoms with Gasteiger partial charge in [0.25, 0.3) is 0 Å². The molecule has 2 aromatic heterocycles. The van der Waals surface area contributed by atoms with E-state index < -0.39 is 0 Å². The summed E-state index contributed by atoms with van der Waals surface area (Å²) in [6.07, 6.45) is 2.17. The molecule has 0 radical (unpaired) electrons. The maximum Gasteiger partial charge on any atom is 0.136 e. The minimum absolute atomic E-state index is 0.281. The van der Waals surface area contributed by atoms with E-state index in [4.69, 9.17) is 16.6 Å². The number of aryl methyl sites for hydroxylation is 1. The fourth-order valence-electron chi connectivity index (χ4n) is 2.62. The zero-order valence-corrected chi connectivity index (χ0v) is 13.1. The van der Waals surface area contributed by atoms with Gasteiger partial charge < -0.3 is 4.57 Å². The molecule has 4 nitrogen and oxygen atoms in total. The van der Waals surface area contributed by atoms with E-state index in [1.165, 1.54) is 6.33 Å². The minimum atomic E-state index is 0.281. The third-order valence-corrected chi connectivity index (χ3v) is 4.00. The Kier molecular flexibility index (Phi) is 3.64. The number of fused-ring (bicyclic) bond motifs is 1. The van der Waals surface area contributed by atoms with Crippen LogP contribution in [0.25, 0.3) is 11.0 Å². The number of nitrogens with zero attached hydrogens (tertiary/aromatic N) is 4. The predicted molar refractivity (Wildman–Crippen MR) is 84.7 cm³/mol. The Morgan fingerprint density at radius 1 is 1.19 bits per heavy atom. The summed E-state index contributed by atoms with van der Waals surface area (Å²) in [4.78, 5) is 13.2. The SMILES string of the molecule is CC(C)c1c(Cl)ncnc1Cc1nc2ccccc2n1C. The second-order valence-corrected chi connectivity index (χ2v) is 5.79. The maximum atomic E-state index is 6.23. The van der Waals surface area contributed by atoms with Crippen LogP contribution in [0.2, 0.25) is 5.15 Å². The molecule has 3 rings (SSSR count). The Bertz CT molecular complexity index is 792. The van der Waals surface area contributed by atoms with E-state index in [1.54, 1.807) is 0 Å². The predicted octanol–water partition coefficient (Wildman–Crippen LogP) is 3.73. The molecule has 3 aromatic rings. The first-order valence-corrected chi connectivity index (χ1v) is 7.35. The fraction of sp³-hybridized carbons (Fsp3) is 0.312. The molecule has 108 valence electrons. The van der Waals surface area contributed by atoms with Crippen LogP contribution < -0.4 is 0 Å². The van der Waals surface area contributed by atoms with Crippen LogP contribution in [0, 0.1) is 0 Å². The van der Waals surface area contributed by atoms with Gasteiger partial charge in [0.2, 0.25) is 0 Å². The highest BCUT2D eigenvalue weighted by Gasteiger charge is 2.16. The van der Waals surface area contributed by atoms with E-state index in [-0.39, 0.29) is 5.92 Å². The summed E-state index contributed by atoms with van der Waals surface area (Å²) in [5, 5.41) is 0.536. The quantitative estimate of drug-likeness (QED) is 0.692. The van der Waals surface area contributed by atoms with Gasteiger partial charge in [-0.2, -0.15) is 0 Å². The highest BCUT2D eigenvalue weighted by Crippen LogP contribution is 2.26. The number of rotatable bonds is 3. The maximum absolute atomic E-state index is 6.23. The Balaban J connectivity index is 2.07. The van der Waals surface area contributed by atoms with Crippen LogP contribution in [0.5, 0.6) is 0 Å². The van der Waals surface area contributed by atoms with Crippen LogP contribution in [-0.2, 0) is 13.5 Å². The van der Waals surface area contributed by atoms with Crippen LogP contribution in [0.15, 0.2) is 30.6 Å². The first-order valence-electron chi connectivity index (χ1n) is 6.97. The largest absolute Gasteiger partial charge is 0.331 e. The summed E-state index contributed by atoms with van der Waals surface area (Å²) in [5.74, 6) is 1.26. The zero-order chi connectivity index (χ0) is 15.0. The standard InChI is InChI=1S/C16H17ClN4/c1-10(2)15-12(18-9-19-16(15)17)8-14-20-11-6-4-5-7-13(11)21(14)3/h4-7,9-10H,8H2,1-3H3. The highest BCUT2D eigenvalue weighted by atomic mass is 35.5. The Morgan fingerprint density at radius 2 is 1.95 bits per heavy atom. The van der Waals surface area contributed by atoms with Gasteiger partial charge in [0.1, 0.15) is 17.3 Å². The normalized spacial score (nSPS) is 11.5. The van der Waals surface area contributed by atoms with Gasteiger partial charge in [-0.3, -0.25) is 0 Å². The van der Waals surface area contributed by atoms with Gasteiger partial charge in [-0.15, -0.1) is 0 Å². The van der Waals surface area contributed by atoms with Crippen molar-refractivity contribution in [1.29, 1.82) is 0 Å². The molecule has 0 aliphatic carbocycles. The van der Waals surface area contributed by atoms with Crippen molar-refractivity contribution in [2.75, 3.05) is 0 Å². The van der Waals surface area contributed by atoms with Gasteiger partial charge in [-0.05, 0) is 18.1 Å². The number of hydrogen-bond donors (Lipinski definition) is 0. The first-order chi connectivity index (χ1) is 10.1. The number of imidazole rings is 1. The molecule has 1 aromatic carbocycles. The highest BCUT2D eigenvalue weighted by molar-refractivity contribution is 6.30. The number of halogens is 1. The molecule has 0 aliphatic rings. The fourth-order valence-corrected chi connectivity index (χ4v) is 2.99. The first kappa shape index (κ1) is 14.0. The van der Waals surface area contributed by atoms with Crippen LogP contribution in [0.1, 0.15) is 36.8 Å². The molecule has 0 spiro atoms. The summed E-state index contributed by atoms with van der Waals surface area (Å²) >= 11 is 6.23. The topological polar surface area (TPSA) is 43.6 Å². The van der Waals surface area contributed by atoms with Crippen molar-refractivity contribution in [3.8, 4) is 0 Å². The van der Waals surface area contributed by atoms with E-state index >= 15 is 0 Å². The van der Waals surface area contributed by atoms with Crippen molar-refractivity contribution < 1.29 is 0 Å². The van der Waals surface area contributed by atoms with Crippen molar-refractivity contribution >= 4 is 22.6 Å². The number of para-hydroxylation sites is 2. The third-order valence-electron chi connectivity index (χ3n) is 3.70. The second-order valence-electron chi connectivity index (χ2n) is 5.43. The van der Waals surface area contributed by atoms with Gasteiger partial charge in [-0.25, -0.2) is 15.0 Å². The molecule has 0 aliphatic heterocycles. The molecule has 0 saturated heterocycles. The van der Waals surface area contributed by atoms with Gasteiger partial charge >= 0.3 is 0 Å². The molecule has 0 amide bonds. The van der Waals surface area contributed by atoms with Gasteiger partial charge in [0.05, 0.1) is 16.7 Å². The summed E-state index contributed by atoms with van der Waals surface area (Å²) in [7, 11) is 2.03. The number of benzene rings is 1. The van der Waals surface area contributed by atoms with Crippen molar-refractivity contribution in [3.05, 3.63) is 52.8 Å². The lowest BCUT2D eigenvalue weighted by Gasteiger charge is -2.12. The minimum Gasteiger partial charge on any atom is -0.331 e. The van der Waals surface area contributed by atoms with Crippen LogP contribution in [-0.4, -0.2) is 19.5 Å². The second kappa shape index (κ2) is 5.45. The molecule has 0 bridgehead atoms. The molecule has 0 atom stereocenters. The van der Waals surface area contributed by atoms with Crippen molar-refractivity contribution in [2.24, 2.45) is 7.05 Å². The summed E-state index contributed by atoms with van der Waals surface area (Å²) < 4.78 is 2.11. The van der Waals surface area contributed by atoms with E-state index in [9.17, 15) is 0 Å². The van der Waals surface area contributed by atoms with E-state index in [0.29, 0.717) is 11.6 Å². The van der Waals surface area contributed by atoms with Gasteiger partial charge in [0.15, 0.2) is 0 Å². The summed E-state index contributed by atoms with van der Waals surface area (Å²) in [6.45, 7) is 4.20. The van der Waals surface area contributed by atoms with E-state index in [2.05, 4.69) is 34.4 Å². The molecule has 0 saturated carbocycles. The van der Waals surface area contributed by atoms with Crippen molar-refractivity contribution in [1.82, 2.24) is 19.5 Å². The summed E-state index contributed by atoms with van der Waals surface area (Å²) in [5.41, 5.74) is 4.08. The van der Waals surface area contributed by atoms with Crippen LogP contribution in [0.4, 0.5) is 0 Å². The molecule has 0 fully saturated rings. The summed E-state index contributed by atoms with van der Waals surface area (Å²) in [6, 6.07) is 8.12. The molecule has 5 heteroatoms. The van der Waals surface area contributed by atoms with Gasteiger partial charge in [0, 0.05) is 19.0 Å². The van der Waals surface area contributed by atoms with Crippen molar-refractivity contribution in [3.63, 3.8) is 0 Å². The third kappa shape index (κ3) is 2.51.